The van der Waals surface area contributed by atoms with E-state index < -0.39 is 0 Å². The number of rotatable bonds is 4. The van der Waals surface area contributed by atoms with Gasteiger partial charge in [0.25, 0.3) is 0 Å². The molecule has 0 aliphatic heterocycles. The Kier molecular flexibility index (Phi) is 4.79. The molecule has 0 unspecified atom stereocenters. The maximum atomic E-state index is 4.46. The van der Waals surface area contributed by atoms with Gasteiger partial charge in [-0.3, -0.25) is 0 Å². The lowest BCUT2D eigenvalue weighted by Crippen LogP contribution is -2.74. The summed E-state index contributed by atoms with van der Waals surface area (Å²) in [6.45, 7) is 8.94. The summed E-state index contributed by atoms with van der Waals surface area (Å²) in [6, 6.07) is 0. The van der Waals surface area contributed by atoms with Crippen LogP contribution in [0.2, 0.25) is 0 Å². The smallest absolute Gasteiger partial charge is 0.0951 e. The Balaban J connectivity index is 2.47. The lowest BCUT2D eigenvalue weighted by atomic mass is 9.75. The SMILES string of the molecule is CC(C)=CCC[C@](C)([NH3+])[C@H]1CC=C(C)CC1. The molecule has 1 aliphatic carbocycles. The summed E-state index contributed by atoms with van der Waals surface area (Å²) in [6.07, 6.45) is 11.0. The molecular weight excluding hydrogens is 194 g/mol. The molecule has 1 aliphatic rings. The molecule has 0 aromatic carbocycles. The lowest BCUT2D eigenvalue weighted by Gasteiger charge is -2.32. The van der Waals surface area contributed by atoms with E-state index in [1.807, 2.05) is 0 Å². The van der Waals surface area contributed by atoms with Gasteiger partial charge in [-0.25, -0.2) is 0 Å². The minimum absolute atomic E-state index is 0.253. The molecule has 0 heterocycles. The zero-order chi connectivity index (χ0) is 12.2. The Morgan fingerprint density at radius 3 is 2.75 bits per heavy atom. The van der Waals surface area contributed by atoms with E-state index in [2.05, 4.69) is 45.6 Å². The maximum Gasteiger partial charge on any atom is 0.0951 e. The van der Waals surface area contributed by atoms with Crippen LogP contribution in [0.15, 0.2) is 23.3 Å². The molecule has 0 saturated carbocycles. The highest BCUT2D eigenvalue weighted by Gasteiger charge is 2.33. The van der Waals surface area contributed by atoms with Gasteiger partial charge < -0.3 is 5.73 Å². The van der Waals surface area contributed by atoms with Crippen molar-refractivity contribution in [2.45, 2.75) is 65.3 Å². The molecule has 0 radical (unpaired) electrons. The van der Waals surface area contributed by atoms with Gasteiger partial charge in [0, 0.05) is 12.3 Å². The van der Waals surface area contributed by atoms with Crippen LogP contribution in [-0.2, 0) is 0 Å². The second-order valence-corrected chi connectivity index (χ2v) is 6.00. The Bertz CT molecular complexity index is 280. The van der Waals surface area contributed by atoms with Gasteiger partial charge >= 0.3 is 0 Å². The first-order valence-corrected chi connectivity index (χ1v) is 6.56. The second-order valence-electron chi connectivity index (χ2n) is 6.00. The average molecular weight is 222 g/mol. The van der Waals surface area contributed by atoms with Gasteiger partial charge in [0.2, 0.25) is 0 Å². The van der Waals surface area contributed by atoms with Gasteiger partial charge in [-0.15, -0.1) is 0 Å². The van der Waals surface area contributed by atoms with Crippen LogP contribution >= 0.6 is 0 Å². The molecule has 0 bridgehead atoms. The van der Waals surface area contributed by atoms with Gasteiger partial charge in [0.1, 0.15) is 0 Å². The minimum atomic E-state index is 0.253. The quantitative estimate of drug-likeness (QED) is 0.705. The Labute approximate surface area is 101 Å². The molecular formula is C15H28N+. The van der Waals surface area contributed by atoms with Gasteiger partial charge in [-0.05, 0) is 53.4 Å². The number of allylic oxidation sites excluding steroid dienone is 4. The fourth-order valence-electron chi connectivity index (χ4n) is 2.49. The molecule has 0 saturated heterocycles. The van der Waals surface area contributed by atoms with Crippen molar-refractivity contribution in [3.05, 3.63) is 23.3 Å². The molecule has 0 spiro atoms. The molecule has 3 N–H and O–H groups in total. The van der Waals surface area contributed by atoms with E-state index >= 15 is 0 Å². The second kappa shape index (κ2) is 5.67. The van der Waals surface area contributed by atoms with Crippen molar-refractivity contribution in [1.82, 2.24) is 0 Å². The zero-order valence-electron chi connectivity index (χ0n) is 11.5. The first-order valence-electron chi connectivity index (χ1n) is 6.56. The van der Waals surface area contributed by atoms with Crippen molar-refractivity contribution in [2.75, 3.05) is 0 Å². The van der Waals surface area contributed by atoms with Crippen LogP contribution in [0.1, 0.15) is 59.8 Å². The minimum Gasteiger partial charge on any atom is -0.353 e. The largest absolute Gasteiger partial charge is 0.353 e. The standard InChI is InChI=1S/C15H27N/c1-12(2)6-5-11-15(4,16)14-9-7-13(3)8-10-14/h6-7,14H,5,8-11,16H2,1-4H3/p+1/t14-,15-/m0/s1. The van der Waals surface area contributed by atoms with E-state index in [1.54, 1.807) is 5.57 Å². The summed E-state index contributed by atoms with van der Waals surface area (Å²) in [4.78, 5) is 0. The van der Waals surface area contributed by atoms with Crippen molar-refractivity contribution in [1.29, 1.82) is 0 Å². The van der Waals surface area contributed by atoms with E-state index in [0.717, 1.165) is 5.92 Å². The summed E-state index contributed by atoms with van der Waals surface area (Å²) in [5, 5.41) is 0. The molecule has 0 fully saturated rings. The Hall–Kier alpha value is -0.560. The van der Waals surface area contributed by atoms with Crippen LogP contribution in [0.3, 0.4) is 0 Å². The fraction of sp³-hybridized carbons (Fsp3) is 0.733. The highest BCUT2D eigenvalue weighted by atomic mass is 14.7. The van der Waals surface area contributed by atoms with E-state index in [0.29, 0.717) is 0 Å². The number of hydrogen-bond acceptors (Lipinski definition) is 0. The van der Waals surface area contributed by atoms with Crippen molar-refractivity contribution in [2.24, 2.45) is 5.92 Å². The molecule has 0 aromatic heterocycles. The fourth-order valence-corrected chi connectivity index (χ4v) is 2.49. The summed E-state index contributed by atoms with van der Waals surface area (Å²) < 4.78 is 0. The average Bonchev–Trinajstić information content (AvgIpc) is 2.17. The van der Waals surface area contributed by atoms with E-state index in [-0.39, 0.29) is 5.54 Å². The third-order valence-corrected chi connectivity index (χ3v) is 3.89. The number of hydrogen-bond donors (Lipinski definition) is 1. The molecule has 1 nitrogen and oxygen atoms in total. The Morgan fingerprint density at radius 2 is 2.25 bits per heavy atom. The van der Waals surface area contributed by atoms with E-state index in [4.69, 9.17) is 0 Å². The summed E-state index contributed by atoms with van der Waals surface area (Å²) in [7, 11) is 0. The summed E-state index contributed by atoms with van der Waals surface area (Å²) >= 11 is 0. The van der Waals surface area contributed by atoms with Crippen molar-refractivity contribution in [3.63, 3.8) is 0 Å². The highest BCUT2D eigenvalue weighted by molar-refractivity contribution is 5.05. The van der Waals surface area contributed by atoms with Gasteiger partial charge in [0.05, 0.1) is 5.54 Å². The van der Waals surface area contributed by atoms with Crippen LogP contribution in [0.5, 0.6) is 0 Å². The molecule has 0 aromatic rings. The van der Waals surface area contributed by atoms with Crippen LogP contribution in [0.25, 0.3) is 0 Å². The molecule has 1 heteroatoms. The molecule has 16 heavy (non-hydrogen) atoms. The van der Waals surface area contributed by atoms with E-state index in [9.17, 15) is 0 Å². The van der Waals surface area contributed by atoms with Crippen LogP contribution in [0.4, 0.5) is 0 Å². The Morgan fingerprint density at radius 1 is 1.56 bits per heavy atom. The summed E-state index contributed by atoms with van der Waals surface area (Å²) in [5.41, 5.74) is 7.70. The van der Waals surface area contributed by atoms with Crippen molar-refractivity contribution in [3.8, 4) is 0 Å². The van der Waals surface area contributed by atoms with Gasteiger partial charge in [0.15, 0.2) is 0 Å². The van der Waals surface area contributed by atoms with Crippen molar-refractivity contribution < 1.29 is 5.73 Å². The number of quaternary nitrogens is 1. The molecule has 2 atom stereocenters. The van der Waals surface area contributed by atoms with Crippen LogP contribution < -0.4 is 5.73 Å². The predicted octanol–water partition coefficient (Wildman–Crippen LogP) is 3.48. The highest BCUT2D eigenvalue weighted by Crippen LogP contribution is 2.31. The third-order valence-electron chi connectivity index (χ3n) is 3.89. The van der Waals surface area contributed by atoms with Gasteiger partial charge in [-0.2, -0.15) is 0 Å². The first-order chi connectivity index (χ1) is 7.42. The summed E-state index contributed by atoms with van der Waals surface area (Å²) in [5.74, 6) is 0.779. The van der Waals surface area contributed by atoms with Crippen LogP contribution in [0, 0.1) is 5.92 Å². The third kappa shape index (κ3) is 4.13. The maximum absolute atomic E-state index is 4.46. The first kappa shape index (κ1) is 13.5. The van der Waals surface area contributed by atoms with Crippen molar-refractivity contribution >= 4 is 0 Å². The van der Waals surface area contributed by atoms with Gasteiger partial charge in [-0.1, -0.05) is 23.3 Å². The van der Waals surface area contributed by atoms with E-state index in [1.165, 1.54) is 37.7 Å². The lowest BCUT2D eigenvalue weighted by molar-refractivity contribution is -0.488. The predicted molar refractivity (Wildman–Crippen MR) is 71.1 cm³/mol. The molecule has 1 rings (SSSR count). The monoisotopic (exact) mass is 222 g/mol. The molecule has 92 valence electrons. The molecule has 0 amide bonds. The van der Waals surface area contributed by atoms with Crippen LogP contribution in [-0.4, -0.2) is 5.54 Å². The topological polar surface area (TPSA) is 27.6 Å². The normalized spacial score (nSPS) is 24.6. The zero-order valence-corrected chi connectivity index (χ0v) is 11.5.